The van der Waals surface area contributed by atoms with Gasteiger partial charge >= 0.3 is 0 Å². The van der Waals surface area contributed by atoms with E-state index in [4.69, 9.17) is 9.47 Å². The summed E-state index contributed by atoms with van der Waals surface area (Å²) in [6, 6.07) is 4.05. The van der Waals surface area contributed by atoms with Gasteiger partial charge in [0.2, 0.25) is 0 Å². The summed E-state index contributed by atoms with van der Waals surface area (Å²) in [6.07, 6.45) is 6.93. The summed E-state index contributed by atoms with van der Waals surface area (Å²) in [4.78, 5) is 12.8. The molecule has 1 N–H and O–H groups in total. The molecule has 4 aliphatic carbocycles. The van der Waals surface area contributed by atoms with Gasteiger partial charge in [-0.1, -0.05) is 6.07 Å². The number of ketones is 1. The zero-order valence-electron chi connectivity index (χ0n) is 13.6. The highest BCUT2D eigenvalue weighted by atomic mass is 16.5. The topological polar surface area (TPSA) is 55.8 Å². The standard InChI is InChI=1S/C20H20O4/c1-23-15-5-4-10-2-3-11-8-12-9-13(11)20-16(10)17(15)24-18(20)14(21)6-7-19(12,20)22/h4-7,11-13,18,22H,2-3,8-9H2,1H3/t11?,12?,13?,18-,19+,20?/m0/s1. The van der Waals surface area contributed by atoms with Crippen molar-refractivity contribution in [2.24, 2.45) is 17.8 Å². The van der Waals surface area contributed by atoms with Gasteiger partial charge in [0.25, 0.3) is 0 Å². The second kappa shape index (κ2) is 3.88. The highest BCUT2D eigenvalue weighted by molar-refractivity contribution is 5.99. The first-order chi connectivity index (χ1) is 11.6. The van der Waals surface area contributed by atoms with E-state index in [1.807, 2.05) is 6.07 Å². The lowest BCUT2D eigenvalue weighted by atomic mass is 9.53. The van der Waals surface area contributed by atoms with Crippen molar-refractivity contribution in [1.29, 1.82) is 0 Å². The fourth-order valence-corrected chi connectivity index (χ4v) is 6.87. The van der Waals surface area contributed by atoms with Crippen LogP contribution in [0.4, 0.5) is 0 Å². The van der Waals surface area contributed by atoms with Crippen LogP contribution in [0.2, 0.25) is 0 Å². The molecule has 2 bridgehead atoms. The third kappa shape index (κ3) is 1.13. The Morgan fingerprint density at radius 1 is 1.33 bits per heavy atom. The predicted octanol–water partition coefficient (Wildman–Crippen LogP) is 2.17. The Morgan fingerprint density at radius 3 is 3.04 bits per heavy atom. The van der Waals surface area contributed by atoms with Gasteiger partial charge in [-0.2, -0.15) is 0 Å². The number of methoxy groups -OCH3 is 1. The van der Waals surface area contributed by atoms with Gasteiger partial charge in [-0.05, 0) is 67.2 Å². The molecule has 4 nitrogen and oxygen atoms in total. The number of carbonyl (C=O) groups excluding carboxylic acids is 1. The van der Waals surface area contributed by atoms with Crippen molar-refractivity contribution in [3.05, 3.63) is 35.4 Å². The number of aryl methyl sites for hydroxylation is 1. The molecule has 1 aromatic carbocycles. The third-order valence-corrected chi connectivity index (χ3v) is 7.60. The molecule has 4 heteroatoms. The number of benzene rings is 1. The van der Waals surface area contributed by atoms with E-state index in [9.17, 15) is 9.90 Å². The molecule has 2 fully saturated rings. The molecular weight excluding hydrogens is 304 g/mol. The number of aliphatic hydroxyl groups is 1. The monoisotopic (exact) mass is 324 g/mol. The maximum atomic E-state index is 12.8. The molecule has 6 rings (SSSR count). The van der Waals surface area contributed by atoms with E-state index in [0.29, 0.717) is 23.3 Å². The number of carbonyl (C=O) groups is 1. The summed E-state index contributed by atoms with van der Waals surface area (Å²) in [5.41, 5.74) is 0.720. The van der Waals surface area contributed by atoms with Crippen molar-refractivity contribution < 1.29 is 19.4 Å². The van der Waals surface area contributed by atoms with E-state index in [1.165, 1.54) is 5.56 Å². The number of ether oxygens (including phenoxy) is 2. The average molecular weight is 324 g/mol. The largest absolute Gasteiger partial charge is 0.493 e. The first kappa shape index (κ1) is 13.5. The second-order valence-electron chi connectivity index (χ2n) is 8.13. The lowest BCUT2D eigenvalue weighted by Gasteiger charge is -2.51. The minimum Gasteiger partial charge on any atom is -0.493 e. The number of rotatable bonds is 1. The molecule has 124 valence electrons. The Hall–Kier alpha value is -1.81. The molecule has 1 aromatic rings. The van der Waals surface area contributed by atoms with Gasteiger partial charge in [-0.3, -0.25) is 4.79 Å². The molecule has 2 saturated carbocycles. The van der Waals surface area contributed by atoms with Crippen LogP contribution in [0, 0.1) is 17.8 Å². The maximum absolute atomic E-state index is 12.8. The molecule has 5 aliphatic rings. The van der Waals surface area contributed by atoms with Crippen molar-refractivity contribution in [3.63, 3.8) is 0 Å². The molecule has 1 spiro atoms. The van der Waals surface area contributed by atoms with E-state index in [-0.39, 0.29) is 11.7 Å². The van der Waals surface area contributed by atoms with E-state index in [0.717, 1.165) is 31.2 Å². The highest BCUT2D eigenvalue weighted by Gasteiger charge is 2.78. The molecule has 6 atom stereocenters. The SMILES string of the molecule is COc1ccc2c3c1O[C@H]1C(=O)C=C[C@@]4(O)C5CC(CC2)C(C5)C314. The molecule has 0 aromatic heterocycles. The van der Waals surface area contributed by atoms with Crippen molar-refractivity contribution in [3.8, 4) is 11.5 Å². The second-order valence-corrected chi connectivity index (χ2v) is 8.13. The summed E-state index contributed by atoms with van der Waals surface area (Å²) in [7, 11) is 1.63. The van der Waals surface area contributed by atoms with Gasteiger partial charge in [-0.25, -0.2) is 0 Å². The minimum atomic E-state index is -0.969. The van der Waals surface area contributed by atoms with Crippen LogP contribution in [-0.4, -0.2) is 29.7 Å². The fourth-order valence-electron chi connectivity index (χ4n) is 6.87. The van der Waals surface area contributed by atoms with Crippen LogP contribution >= 0.6 is 0 Å². The van der Waals surface area contributed by atoms with Crippen LogP contribution in [0.1, 0.15) is 30.4 Å². The lowest BCUT2D eigenvalue weighted by molar-refractivity contribution is -0.138. The van der Waals surface area contributed by atoms with E-state index < -0.39 is 17.1 Å². The summed E-state index contributed by atoms with van der Waals surface area (Å²) in [6.45, 7) is 0. The van der Waals surface area contributed by atoms with Crippen LogP contribution < -0.4 is 9.47 Å². The molecule has 0 amide bonds. The Balaban J connectivity index is 1.76. The molecule has 4 unspecified atom stereocenters. The maximum Gasteiger partial charge on any atom is 0.196 e. The summed E-state index contributed by atoms with van der Waals surface area (Å²) >= 11 is 0. The van der Waals surface area contributed by atoms with Crippen molar-refractivity contribution in [2.45, 2.75) is 42.8 Å². The molecular formula is C20H20O4. The van der Waals surface area contributed by atoms with Crippen LogP contribution in [0.25, 0.3) is 0 Å². The molecule has 24 heavy (non-hydrogen) atoms. The first-order valence-corrected chi connectivity index (χ1v) is 8.93. The Kier molecular flexibility index (Phi) is 2.18. The van der Waals surface area contributed by atoms with Gasteiger partial charge in [0.05, 0.1) is 12.5 Å². The molecule has 0 radical (unpaired) electrons. The Morgan fingerprint density at radius 2 is 2.21 bits per heavy atom. The van der Waals surface area contributed by atoms with Gasteiger partial charge in [0, 0.05) is 5.56 Å². The van der Waals surface area contributed by atoms with Crippen LogP contribution in [0.5, 0.6) is 11.5 Å². The quantitative estimate of drug-likeness (QED) is 0.860. The smallest absolute Gasteiger partial charge is 0.196 e. The van der Waals surface area contributed by atoms with Crippen molar-refractivity contribution in [1.82, 2.24) is 0 Å². The van der Waals surface area contributed by atoms with E-state index in [1.54, 1.807) is 19.3 Å². The zero-order valence-corrected chi connectivity index (χ0v) is 13.6. The van der Waals surface area contributed by atoms with Gasteiger partial charge in [0.15, 0.2) is 23.4 Å². The summed E-state index contributed by atoms with van der Waals surface area (Å²) in [5, 5.41) is 11.8. The predicted molar refractivity (Wildman–Crippen MR) is 86.2 cm³/mol. The van der Waals surface area contributed by atoms with Gasteiger partial charge in [0.1, 0.15) is 5.60 Å². The Labute approximate surface area is 140 Å². The lowest BCUT2D eigenvalue weighted by Crippen LogP contribution is -2.65. The Bertz CT molecular complexity index is 827. The van der Waals surface area contributed by atoms with Crippen LogP contribution in [0.3, 0.4) is 0 Å². The normalized spacial score (nSPS) is 45.8. The summed E-state index contributed by atoms with van der Waals surface area (Å²) < 4.78 is 11.8. The fraction of sp³-hybridized carbons (Fsp3) is 0.550. The zero-order chi connectivity index (χ0) is 16.3. The van der Waals surface area contributed by atoms with Gasteiger partial charge in [-0.15, -0.1) is 0 Å². The van der Waals surface area contributed by atoms with Crippen LogP contribution in [0.15, 0.2) is 24.3 Å². The highest BCUT2D eigenvalue weighted by Crippen LogP contribution is 2.73. The minimum absolute atomic E-state index is 0.0166. The molecule has 1 aliphatic heterocycles. The third-order valence-electron chi connectivity index (χ3n) is 7.60. The van der Waals surface area contributed by atoms with Gasteiger partial charge < -0.3 is 14.6 Å². The van der Waals surface area contributed by atoms with Crippen molar-refractivity contribution in [2.75, 3.05) is 7.11 Å². The number of fused-ring (bicyclic) bond motifs is 2. The van der Waals surface area contributed by atoms with E-state index >= 15 is 0 Å². The summed E-state index contributed by atoms with van der Waals surface area (Å²) in [5.74, 6) is 2.48. The number of hydrogen-bond acceptors (Lipinski definition) is 4. The average Bonchev–Trinajstić information content (AvgIpc) is 3.21. The number of hydrogen-bond donors (Lipinski definition) is 1. The van der Waals surface area contributed by atoms with Crippen molar-refractivity contribution >= 4 is 5.78 Å². The van der Waals surface area contributed by atoms with E-state index in [2.05, 4.69) is 6.07 Å². The molecule has 1 heterocycles. The first-order valence-electron chi connectivity index (χ1n) is 8.93. The molecule has 0 saturated heterocycles. The van der Waals surface area contributed by atoms with Crippen LogP contribution in [-0.2, 0) is 16.6 Å².